The van der Waals surface area contributed by atoms with Crippen LogP contribution in [0.5, 0.6) is 5.75 Å². The minimum Gasteiger partial charge on any atom is -0.507 e. The molecule has 0 fully saturated rings. The number of fused-ring (bicyclic) bond motifs is 1. The van der Waals surface area contributed by atoms with Gasteiger partial charge in [-0.25, -0.2) is 0 Å². The van der Waals surface area contributed by atoms with Crippen molar-refractivity contribution < 1.29 is 5.11 Å². The lowest BCUT2D eigenvalue weighted by Gasteiger charge is -2.20. The zero-order chi connectivity index (χ0) is 13.1. The topological polar surface area (TPSA) is 49.5 Å². The Hall–Kier alpha value is -1.74. The van der Waals surface area contributed by atoms with Crippen molar-refractivity contribution in [3.05, 3.63) is 35.9 Å². The fourth-order valence-corrected chi connectivity index (χ4v) is 2.26. The summed E-state index contributed by atoms with van der Waals surface area (Å²) in [5, 5.41) is 12.1. The van der Waals surface area contributed by atoms with Gasteiger partial charge in [-0.3, -0.25) is 4.90 Å². The van der Waals surface area contributed by atoms with Crippen LogP contribution in [0, 0.1) is 0 Å². The van der Waals surface area contributed by atoms with Crippen molar-refractivity contribution in [3.8, 4) is 5.75 Å². The number of phenols is 1. The SMILES string of the molecule is CCN(CC)Cc1cc(N)c2ccccc2c1O. The third-order valence-electron chi connectivity index (χ3n) is 3.42. The first-order valence-electron chi connectivity index (χ1n) is 6.38. The van der Waals surface area contributed by atoms with Crippen LogP contribution in [0.25, 0.3) is 10.8 Å². The van der Waals surface area contributed by atoms with E-state index >= 15 is 0 Å². The summed E-state index contributed by atoms with van der Waals surface area (Å²) < 4.78 is 0. The maximum absolute atomic E-state index is 10.3. The number of nitrogens with zero attached hydrogens (tertiary/aromatic N) is 1. The van der Waals surface area contributed by atoms with Crippen molar-refractivity contribution in [3.63, 3.8) is 0 Å². The molecule has 0 aliphatic carbocycles. The highest BCUT2D eigenvalue weighted by Crippen LogP contribution is 2.33. The molecule has 0 heterocycles. The van der Waals surface area contributed by atoms with Gasteiger partial charge in [-0.15, -0.1) is 0 Å². The summed E-state index contributed by atoms with van der Waals surface area (Å²) in [5.74, 6) is 0.353. The molecule has 0 aliphatic rings. The summed E-state index contributed by atoms with van der Waals surface area (Å²) in [6, 6.07) is 9.58. The molecule has 3 heteroatoms. The van der Waals surface area contributed by atoms with Crippen molar-refractivity contribution in [2.45, 2.75) is 20.4 Å². The van der Waals surface area contributed by atoms with E-state index in [1.165, 1.54) is 0 Å². The number of aromatic hydroxyl groups is 1. The van der Waals surface area contributed by atoms with E-state index in [0.717, 1.165) is 41.7 Å². The Labute approximate surface area is 108 Å². The molecule has 0 unspecified atom stereocenters. The number of nitrogen functional groups attached to an aromatic ring is 1. The van der Waals surface area contributed by atoms with Crippen molar-refractivity contribution in [1.29, 1.82) is 0 Å². The van der Waals surface area contributed by atoms with Gasteiger partial charge >= 0.3 is 0 Å². The molecule has 0 aliphatic heterocycles. The van der Waals surface area contributed by atoms with E-state index < -0.39 is 0 Å². The average molecular weight is 244 g/mol. The van der Waals surface area contributed by atoms with Gasteiger partial charge in [0.05, 0.1) is 0 Å². The normalized spacial score (nSPS) is 11.3. The second-order valence-electron chi connectivity index (χ2n) is 4.48. The largest absolute Gasteiger partial charge is 0.507 e. The highest BCUT2D eigenvalue weighted by Gasteiger charge is 2.11. The summed E-state index contributed by atoms with van der Waals surface area (Å²) >= 11 is 0. The van der Waals surface area contributed by atoms with E-state index in [4.69, 9.17) is 5.73 Å². The summed E-state index contributed by atoms with van der Waals surface area (Å²) in [6.45, 7) is 6.88. The lowest BCUT2D eigenvalue weighted by atomic mass is 10.0. The zero-order valence-electron chi connectivity index (χ0n) is 11.0. The number of hydrogen-bond acceptors (Lipinski definition) is 3. The van der Waals surface area contributed by atoms with Crippen LogP contribution in [0.2, 0.25) is 0 Å². The lowest BCUT2D eigenvalue weighted by Crippen LogP contribution is -2.22. The summed E-state index contributed by atoms with van der Waals surface area (Å²) in [5.41, 5.74) is 7.68. The third-order valence-corrected chi connectivity index (χ3v) is 3.42. The maximum atomic E-state index is 10.3. The number of benzene rings is 2. The number of hydrogen-bond donors (Lipinski definition) is 2. The van der Waals surface area contributed by atoms with E-state index in [0.29, 0.717) is 5.75 Å². The van der Waals surface area contributed by atoms with E-state index in [1.807, 2.05) is 30.3 Å². The predicted octanol–water partition coefficient (Wildman–Crippen LogP) is 2.97. The first-order chi connectivity index (χ1) is 8.67. The highest BCUT2D eigenvalue weighted by molar-refractivity contribution is 5.97. The van der Waals surface area contributed by atoms with Gasteiger partial charge in [-0.1, -0.05) is 38.1 Å². The molecule has 0 atom stereocenters. The van der Waals surface area contributed by atoms with Crippen molar-refractivity contribution >= 4 is 16.5 Å². The Morgan fingerprint density at radius 2 is 1.72 bits per heavy atom. The quantitative estimate of drug-likeness (QED) is 0.642. The average Bonchev–Trinajstić information content (AvgIpc) is 2.41. The molecule has 0 aromatic heterocycles. The molecule has 2 aromatic carbocycles. The number of phenolic OH excluding ortho intramolecular Hbond substituents is 1. The van der Waals surface area contributed by atoms with Gasteiger partial charge in [-0.2, -0.15) is 0 Å². The number of nitrogens with two attached hydrogens (primary N) is 1. The molecule has 0 amide bonds. The van der Waals surface area contributed by atoms with E-state index in [1.54, 1.807) is 0 Å². The van der Waals surface area contributed by atoms with Crippen LogP contribution >= 0.6 is 0 Å². The molecule has 0 spiro atoms. The van der Waals surface area contributed by atoms with Crippen molar-refractivity contribution in [1.82, 2.24) is 4.90 Å². The second kappa shape index (κ2) is 5.27. The van der Waals surface area contributed by atoms with Gasteiger partial charge in [0.25, 0.3) is 0 Å². The molecule has 0 bridgehead atoms. The summed E-state index contributed by atoms with van der Waals surface area (Å²) in [4.78, 5) is 2.25. The molecular weight excluding hydrogens is 224 g/mol. The van der Waals surface area contributed by atoms with Gasteiger partial charge in [0.1, 0.15) is 5.75 Å². The number of anilines is 1. The van der Waals surface area contributed by atoms with Crippen molar-refractivity contribution in [2.75, 3.05) is 18.8 Å². The Morgan fingerprint density at radius 1 is 1.11 bits per heavy atom. The van der Waals surface area contributed by atoms with Gasteiger partial charge in [-0.05, 0) is 19.2 Å². The molecule has 0 saturated carbocycles. The molecule has 0 radical (unpaired) electrons. The Kier molecular flexibility index (Phi) is 3.72. The molecule has 18 heavy (non-hydrogen) atoms. The minimum atomic E-state index is 0.353. The monoisotopic (exact) mass is 244 g/mol. The van der Waals surface area contributed by atoms with Crippen LogP contribution in [0.15, 0.2) is 30.3 Å². The molecule has 3 nitrogen and oxygen atoms in total. The predicted molar refractivity (Wildman–Crippen MR) is 76.7 cm³/mol. The first-order valence-corrected chi connectivity index (χ1v) is 6.38. The zero-order valence-corrected chi connectivity index (χ0v) is 11.0. The third kappa shape index (κ3) is 2.27. The van der Waals surface area contributed by atoms with Crippen molar-refractivity contribution in [2.24, 2.45) is 0 Å². The smallest absolute Gasteiger partial charge is 0.128 e. The Morgan fingerprint density at radius 3 is 2.33 bits per heavy atom. The van der Waals surface area contributed by atoms with Crippen LogP contribution in [0.1, 0.15) is 19.4 Å². The summed E-state index contributed by atoms with van der Waals surface area (Å²) in [6.07, 6.45) is 0. The van der Waals surface area contributed by atoms with Crippen LogP contribution in [0.4, 0.5) is 5.69 Å². The minimum absolute atomic E-state index is 0.353. The first kappa shape index (κ1) is 12.7. The fraction of sp³-hybridized carbons (Fsp3) is 0.333. The van der Waals surface area contributed by atoms with E-state index in [-0.39, 0.29) is 0 Å². The van der Waals surface area contributed by atoms with Gasteiger partial charge < -0.3 is 10.8 Å². The summed E-state index contributed by atoms with van der Waals surface area (Å²) in [7, 11) is 0. The Bertz CT molecular complexity index is 547. The van der Waals surface area contributed by atoms with Gasteiger partial charge in [0, 0.05) is 28.6 Å². The van der Waals surface area contributed by atoms with Crippen LogP contribution in [-0.2, 0) is 6.54 Å². The molecule has 2 aromatic rings. The number of rotatable bonds is 4. The van der Waals surface area contributed by atoms with Gasteiger partial charge in [0.2, 0.25) is 0 Å². The van der Waals surface area contributed by atoms with E-state index in [2.05, 4.69) is 18.7 Å². The molecule has 96 valence electrons. The van der Waals surface area contributed by atoms with Crippen LogP contribution in [-0.4, -0.2) is 23.1 Å². The maximum Gasteiger partial charge on any atom is 0.128 e. The van der Waals surface area contributed by atoms with Gasteiger partial charge in [0.15, 0.2) is 0 Å². The standard InChI is InChI=1S/C15H20N2O/c1-3-17(4-2)10-11-9-14(16)12-7-5-6-8-13(12)15(11)18/h5-9,18H,3-4,10,16H2,1-2H3. The molecule has 0 saturated heterocycles. The highest BCUT2D eigenvalue weighted by atomic mass is 16.3. The fourth-order valence-electron chi connectivity index (χ4n) is 2.26. The van der Waals surface area contributed by atoms with E-state index in [9.17, 15) is 5.11 Å². The van der Waals surface area contributed by atoms with Crippen LogP contribution in [0.3, 0.4) is 0 Å². The second-order valence-corrected chi connectivity index (χ2v) is 4.48. The molecular formula is C15H20N2O. The Balaban J connectivity index is 2.49. The molecule has 3 N–H and O–H groups in total. The molecule has 2 rings (SSSR count). The van der Waals surface area contributed by atoms with Crippen LogP contribution < -0.4 is 5.73 Å². The lowest BCUT2D eigenvalue weighted by molar-refractivity contribution is 0.291.